The van der Waals surface area contributed by atoms with Gasteiger partial charge in [0, 0.05) is 25.3 Å². The fourth-order valence-corrected chi connectivity index (χ4v) is 5.35. The van der Waals surface area contributed by atoms with Crippen LogP contribution in [0.1, 0.15) is 31.5 Å². The second-order valence-corrected chi connectivity index (χ2v) is 10.2. The maximum absolute atomic E-state index is 14.5. The lowest BCUT2D eigenvalue weighted by molar-refractivity contribution is -0.212. The summed E-state index contributed by atoms with van der Waals surface area (Å²) in [6.07, 6.45) is 0.497. The van der Waals surface area contributed by atoms with Gasteiger partial charge in [-0.1, -0.05) is 22.0 Å². The molecule has 0 radical (unpaired) electrons. The Bertz CT molecular complexity index is 1270. The van der Waals surface area contributed by atoms with Gasteiger partial charge in [-0.3, -0.25) is 0 Å². The van der Waals surface area contributed by atoms with Crippen molar-refractivity contribution >= 4 is 11.6 Å². The Morgan fingerprint density at radius 2 is 1.89 bits per heavy atom. The molecule has 0 bridgehead atoms. The van der Waals surface area contributed by atoms with E-state index in [2.05, 4.69) is 20.6 Å². The van der Waals surface area contributed by atoms with E-state index in [-0.39, 0.29) is 34.3 Å². The number of ether oxygens (including phenoxy) is 2. The van der Waals surface area contributed by atoms with E-state index < -0.39 is 48.7 Å². The molecule has 2 aliphatic rings. The predicted molar refractivity (Wildman–Crippen MR) is 125 cm³/mol. The molecule has 3 heterocycles. The van der Waals surface area contributed by atoms with E-state index in [1.54, 1.807) is 10.9 Å². The van der Waals surface area contributed by atoms with Gasteiger partial charge in [-0.25, -0.2) is 18.1 Å². The van der Waals surface area contributed by atoms with Crippen molar-refractivity contribution < 1.29 is 33.6 Å². The summed E-state index contributed by atoms with van der Waals surface area (Å²) in [5, 5.41) is 46.7. The number of halogens is 3. The van der Waals surface area contributed by atoms with Crippen molar-refractivity contribution in [2.24, 2.45) is 0 Å². The maximum atomic E-state index is 14.5. The molecule has 14 heteroatoms. The summed E-state index contributed by atoms with van der Waals surface area (Å²) in [5.41, 5.74) is 0.153. The SMILES string of the molecule is CO[C@@H]1[C@@H](n2cc(-c3ccc(Cl)c(F)c3F)nn2)[C@@H](O)[C@@H](CO)O[C@@H]1Cc1cn(C2(C)CC(O)C2)nn1. The summed E-state index contributed by atoms with van der Waals surface area (Å²) < 4.78 is 43.2. The highest BCUT2D eigenvalue weighted by Crippen LogP contribution is 2.39. The van der Waals surface area contributed by atoms with Crippen molar-refractivity contribution in [2.45, 2.75) is 68.3 Å². The van der Waals surface area contributed by atoms with Crippen molar-refractivity contribution in [3.8, 4) is 11.3 Å². The Labute approximate surface area is 215 Å². The molecule has 3 N–H and O–H groups in total. The fourth-order valence-electron chi connectivity index (χ4n) is 5.20. The molecule has 0 unspecified atom stereocenters. The molecule has 11 nitrogen and oxygen atoms in total. The molecule has 0 amide bonds. The summed E-state index contributed by atoms with van der Waals surface area (Å²) in [4.78, 5) is 0. The van der Waals surface area contributed by atoms with Gasteiger partial charge in [-0.15, -0.1) is 10.2 Å². The molecule has 5 atom stereocenters. The molecule has 1 saturated heterocycles. The molecular weight excluding hydrogens is 514 g/mol. The van der Waals surface area contributed by atoms with E-state index in [0.29, 0.717) is 18.5 Å². The molecule has 37 heavy (non-hydrogen) atoms. The van der Waals surface area contributed by atoms with Crippen molar-refractivity contribution in [2.75, 3.05) is 13.7 Å². The molecule has 1 aliphatic heterocycles. The van der Waals surface area contributed by atoms with Crippen molar-refractivity contribution in [3.63, 3.8) is 0 Å². The lowest BCUT2D eigenvalue weighted by atomic mass is 9.76. The minimum atomic E-state index is -1.25. The van der Waals surface area contributed by atoms with E-state index >= 15 is 0 Å². The third-order valence-corrected chi connectivity index (χ3v) is 7.51. The molecular formula is C23H27ClF2N6O5. The standard InChI is InChI=1S/C23H27ClF2N6O5/c1-23(6-12(34)7-23)32-8-11(27-30-32)5-16-22(36-2)20(21(35)17(10-33)37-16)31-9-15(28-29-31)13-3-4-14(24)19(26)18(13)25/h3-4,8-9,12,16-17,20-22,33-35H,5-7,10H2,1-2H3/t12?,16-,17-,20+,21+,22+,23?/m1/s1. The van der Waals surface area contributed by atoms with Gasteiger partial charge in [0.05, 0.1) is 41.3 Å². The van der Waals surface area contributed by atoms with E-state index in [1.165, 1.54) is 30.1 Å². The number of hydrogen-bond donors (Lipinski definition) is 3. The van der Waals surface area contributed by atoms with Gasteiger partial charge in [-0.2, -0.15) is 0 Å². The Morgan fingerprint density at radius 3 is 2.57 bits per heavy atom. The third-order valence-electron chi connectivity index (χ3n) is 7.22. The predicted octanol–water partition coefficient (Wildman–Crippen LogP) is 1.26. The first-order valence-corrected chi connectivity index (χ1v) is 12.2. The minimum Gasteiger partial charge on any atom is -0.394 e. The molecule has 5 rings (SSSR count). The van der Waals surface area contributed by atoms with Gasteiger partial charge in [0.1, 0.15) is 30.0 Å². The normalized spacial score (nSPS) is 31.9. The van der Waals surface area contributed by atoms with Crippen LogP contribution in [0, 0.1) is 11.6 Å². The first-order valence-electron chi connectivity index (χ1n) is 11.8. The van der Waals surface area contributed by atoms with E-state index in [1.807, 2.05) is 6.92 Å². The van der Waals surface area contributed by atoms with Crippen LogP contribution in [0.4, 0.5) is 8.78 Å². The first kappa shape index (κ1) is 26.1. The molecule has 0 spiro atoms. The van der Waals surface area contributed by atoms with Crippen LogP contribution >= 0.6 is 11.6 Å². The number of benzene rings is 1. The van der Waals surface area contributed by atoms with Crippen LogP contribution in [-0.2, 0) is 21.4 Å². The second-order valence-electron chi connectivity index (χ2n) is 9.80. The number of nitrogens with zero attached hydrogens (tertiary/aromatic N) is 6. The molecule has 1 saturated carbocycles. The summed E-state index contributed by atoms with van der Waals surface area (Å²) in [6.45, 7) is 1.50. The largest absolute Gasteiger partial charge is 0.394 e. The van der Waals surface area contributed by atoms with Crippen molar-refractivity contribution in [1.29, 1.82) is 0 Å². The van der Waals surface area contributed by atoms with Gasteiger partial charge in [0.2, 0.25) is 0 Å². The molecule has 1 aromatic carbocycles. The molecule has 2 aromatic heterocycles. The molecule has 1 aliphatic carbocycles. The highest BCUT2D eigenvalue weighted by molar-refractivity contribution is 6.30. The van der Waals surface area contributed by atoms with E-state index in [9.17, 15) is 24.1 Å². The zero-order valence-corrected chi connectivity index (χ0v) is 20.8. The van der Waals surface area contributed by atoms with Crippen molar-refractivity contribution in [3.05, 3.63) is 46.9 Å². The lowest BCUT2D eigenvalue weighted by Gasteiger charge is -2.43. The number of rotatable bonds is 7. The van der Waals surface area contributed by atoms with Crippen LogP contribution < -0.4 is 0 Å². The average Bonchev–Trinajstić information content (AvgIpc) is 3.52. The first-order chi connectivity index (χ1) is 17.6. The maximum Gasteiger partial charge on any atom is 0.178 e. The number of aliphatic hydroxyl groups is 3. The Morgan fingerprint density at radius 1 is 1.14 bits per heavy atom. The van der Waals surface area contributed by atoms with Gasteiger partial charge >= 0.3 is 0 Å². The Kier molecular flexibility index (Phi) is 7.02. The third kappa shape index (κ3) is 4.64. The van der Waals surface area contributed by atoms with Gasteiger partial charge < -0.3 is 24.8 Å². The highest BCUT2D eigenvalue weighted by atomic mass is 35.5. The van der Waals surface area contributed by atoms with Gasteiger partial charge in [-0.05, 0) is 31.9 Å². The second kappa shape index (κ2) is 9.97. The lowest BCUT2D eigenvalue weighted by Crippen LogP contribution is -2.57. The smallest absolute Gasteiger partial charge is 0.178 e. The summed E-state index contributed by atoms with van der Waals surface area (Å²) >= 11 is 5.65. The molecule has 200 valence electrons. The summed E-state index contributed by atoms with van der Waals surface area (Å²) in [7, 11) is 1.44. The summed E-state index contributed by atoms with van der Waals surface area (Å²) in [5.74, 6) is -2.37. The number of aromatic nitrogens is 6. The number of methoxy groups -OCH3 is 1. The monoisotopic (exact) mass is 540 g/mol. The van der Waals surface area contributed by atoms with Gasteiger partial charge in [0.25, 0.3) is 0 Å². The van der Waals surface area contributed by atoms with Crippen LogP contribution in [-0.4, -0.2) is 89.5 Å². The molecule has 2 fully saturated rings. The minimum absolute atomic E-state index is 0.0255. The average molecular weight is 541 g/mol. The van der Waals surface area contributed by atoms with Crippen LogP contribution in [0.25, 0.3) is 11.3 Å². The number of aliphatic hydroxyl groups excluding tert-OH is 3. The highest BCUT2D eigenvalue weighted by Gasteiger charge is 2.48. The zero-order valence-electron chi connectivity index (χ0n) is 20.1. The number of hydrogen-bond acceptors (Lipinski definition) is 9. The fraction of sp³-hybridized carbons (Fsp3) is 0.565. The van der Waals surface area contributed by atoms with Crippen LogP contribution in [0.2, 0.25) is 5.02 Å². The zero-order chi connectivity index (χ0) is 26.5. The molecule has 3 aromatic rings. The quantitative estimate of drug-likeness (QED) is 0.378. The van der Waals surface area contributed by atoms with Crippen molar-refractivity contribution in [1.82, 2.24) is 30.0 Å². The van der Waals surface area contributed by atoms with E-state index in [0.717, 1.165) is 0 Å². The van der Waals surface area contributed by atoms with E-state index in [4.69, 9.17) is 21.1 Å². The topological polar surface area (TPSA) is 141 Å². The Balaban J connectivity index is 1.42. The van der Waals surface area contributed by atoms with Crippen LogP contribution in [0.5, 0.6) is 0 Å². The van der Waals surface area contributed by atoms with Crippen LogP contribution in [0.15, 0.2) is 24.5 Å². The Hall–Kier alpha value is -2.55. The summed E-state index contributed by atoms with van der Waals surface area (Å²) in [6, 6.07) is 1.62. The van der Waals surface area contributed by atoms with Crippen LogP contribution in [0.3, 0.4) is 0 Å². The van der Waals surface area contributed by atoms with Gasteiger partial charge in [0.15, 0.2) is 11.6 Å².